The van der Waals surface area contributed by atoms with E-state index in [1.165, 1.54) is 6.08 Å². The monoisotopic (exact) mass is 348 g/mol. The van der Waals surface area contributed by atoms with Gasteiger partial charge in [0, 0.05) is 28.2 Å². The molecular weight excluding hydrogens is 335 g/mol. The minimum absolute atomic E-state index is 0.285. The minimum atomic E-state index is -0.506. The Bertz CT molecular complexity index is 773. The summed E-state index contributed by atoms with van der Waals surface area (Å²) < 4.78 is 0. The number of nitrogens with two attached hydrogens (primary N) is 1. The molecule has 3 N–H and O–H groups in total. The van der Waals surface area contributed by atoms with Crippen LogP contribution >= 0.6 is 23.2 Å². The van der Waals surface area contributed by atoms with Crippen molar-refractivity contribution in [3.8, 4) is 0 Å². The summed E-state index contributed by atoms with van der Waals surface area (Å²) in [7, 11) is 0. The molecule has 2 rings (SSSR count). The van der Waals surface area contributed by atoms with Crippen molar-refractivity contribution >= 4 is 41.1 Å². The highest BCUT2D eigenvalue weighted by Crippen LogP contribution is 2.21. The van der Waals surface area contributed by atoms with E-state index in [4.69, 9.17) is 28.9 Å². The van der Waals surface area contributed by atoms with Gasteiger partial charge in [-0.1, -0.05) is 35.3 Å². The lowest BCUT2D eigenvalue weighted by atomic mass is 10.1. The van der Waals surface area contributed by atoms with Crippen LogP contribution in [0.2, 0.25) is 10.0 Å². The molecule has 6 heteroatoms. The topological polar surface area (TPSA) is 72.2 Å². The van der Waals surface area contributed by atoms with Crippen LogP contribution in [-0.2, 0) is 11.3 Å². The number of primary amides is 1. The van der Waals surface area contributed by atoms with E-state index in [1.807, 2.05) is 0 Å². The van der Waals surface area contributed by atoms with E-state index in [-0.39, 0.29) is 12.5 Å². The zero-order valence-corrected chi connectivity index (χ0v) is 13.6. The van der Waals surface area contributed by atoms with Crippen molar-refractivity contribution in [2.45, 2.75) is 6.54 Å². The van der Waals surface area contributed by atoms with Gasteiger partial charge in [0.25, 0.3) is 0 Å². The molecule has 0 saturated carbocycles. The molecule has 0 bridgehead atoms. The van der Waals surface area contributed by atoms with E-state index in [0.29, 0.717) is 21.2 Å². The Morgan fingerprint density at radius 1 is 1.13 bits per heavy atom. The molecule has 118 valence electrons. The number of hydrogen-bond donors (Lipinski definition) is 2. The van der Waals surface area contributed by atoms with Crippen molar-refractivity contribution in [1.29, 1.82) is 0 Å². The Morgan fingerprint density at radius 2 is 1.91 bits per heavy atom. The molecule has 0 saturated heterocycles. The molecule has 0 aliphatic heterocycles. The summed E-state index contributed by atoms with van der Waals surface area (Å²) in [6, 6.07) is 11.8. The van der Waals surface area contributed by atoms with E-state index < -0.39 is 5.91 Å². The molecule has 0 aromatic heterocycles. The van der Waals surface area contributed by atoms with Gasteiger partial charge in [-0.15, -0.1) is 0 Å². The number of carbonyl (C=O) groups excluding carboxylic acids is 2. The van der Waals surface area contributed by atoms with Gasteiger partial charge in [-0.2, -0.15) is 0 Å². The maximum absolute atomic E-state index is 11.8. The maximum atomic E-state index is 11.8. The Hall–Kier alpha value is -2.30. The number of carbonyl (C=O) groups is 2. The summed E-state index contributed by atoms with van der Waals surface area (Å²) in [5, 5.41) is 3.76. The van der Waals surface area contributed by atoms with Gasteiger partial charge < -0.3 is 11.1 Å². The number of benzene rings is 2. The summed E-state index contributed by atoms with van der Waals surface area (Å²) in [6.07, 6.45) is 2.96. The molecule has 0 aliphatic rings. The predicted octanol–water partition coefficient (Wildman–Crippen LogP) is 3.42. The zero-order valence-electron chi connectivity index (χ0n) is 12.1. The fraction of sp³-hybridized carbons (Fsp3) is 0.0588. The van der Waals surface area contributed by atoms with Gasteiger partial charge in [0.2, 0.25) is 11.8 Å². The third kappa shape index (κ3) is 5.13. The Kier molecular flexibility index (Phi) is 5.79. The zero-order chi connectivity index (χ0) is 16.8. The fourth-order valence-corrected chi connectivity index (χ4v) is 2.25. The molecule has 0 unspecified atom stereocenters. The van der Waals surface area contributed by atoms with Crippen molar-refractivity contribution in [2.24, 2.45) is 5.73 Å². The lowest BCUT2D eigenvalue weighted by Crippen LogP contribution is -2.20. The molecular formula is C17H14Cl2N2O2. The first-order valence-corrected chi connectivity index (χ1v) is 7.51. The van der Waals surface area contributed by atoms with E-state index in [9.17, 15) is 9.59 Å². The Labute approximate surface area is 143 Å². The van der Waals surface area contributed by atoms with Crippen LogP contribution in [0.25, 0.3) is 6.08 Å². The molecule has 0 fully saturated rings. The Morgan fingerprint density at radius 3 is 2.65 bits per heavy atom. The van der Waals surface area contributed by atoms with Gasteiger partial charge in [-0.3, -0.25) is 9.59 Å². The first kappa shape index (κ1) is 17.1. The molecule has 0 aliphatic carbocycles. The highest BCUT2D eigenvalue weighted by atomic mass is 35.5. The molecule has 23 heavy (non-hydrogen) atoms. The molecule has 0 heterocycles. The second-order valence-corrected chi connectivity index (χ2v) is 5.63. The van der Waals surface area contributed by atoms with Crippen molar-refractivity contribution in [3.05, 3.63) is 75.3 Å². The van der Waals surface area contributed by atoms with Crippen LogP contribution in [0.3, 0.4) is 0 Å². The second-order valence-electron chi connectivity index (χ2n) is 4.78. The Balaban J connectivity index is 1.97. The number of rotatable bonds is 5. The predicted molar refractivity (Wildman–Crippen MR) is 92.3 cm³/mol. The van der Waals surface area contributed by atoms with E-state index >= 15 is 0 Å². The normalized spacial score (nSPS) is 10.7. The summed E-state index contributed by atoms with van der Waals surface area (Å²) in [5.41, 5.74) is 7.06. The van der Waals surface area contributed by atoms with Crippen LogP contribution in [0.4, 0.5) is 0 Å². The molecule has 0 spiro atoms. The average molecular weight is 349 g/mol. The largest absolute Gasteiger partial charge is 0.366 e. The maximum Gasteiger partial charge on any atom is 0.248 e. The lowest BCUT2D eigenvalue weighted by molar-refractivity contribution is -0.116. The van der Waals surface area contributed by atoms with Crippen LogP contribution in [0.5, 0.6) is 0 Å². The van der Waals surface area contributed by atoms with Gasteiger partial charge in [0.05, 0.1) is 0 Å². The summed E-state index contributed by atoms with van der Waals surface area (Å²) in [6.45, 7) is 0.285. The highest BCUT2D eigenvalue weighted by molar-refractivity contribution is 6.34. The lowest BCUT2D eigenvalue weighted by Gasteiger charge is -2.04. The van der Waals surface area contributed by atoms with E-state index in [0.717, 1.165) is 5.56 Å². The van der Waals surface area contributed by atoms with Crippen LogP contribution in [0, 0.1) is 0 Å². The van der Waals surface area contributed by atoms with Gasteiger partial charge in [-0.05, 0) is 47.5 Å². The average Bonchev–Trinajstić information content (AvgIpc) is 2.54. The van der Waals surface area contributed by atoms with Crippen molar-refractivity contribution in [2.75, 3.05) is 0 Å². The first-order valence-electron chi connectivity index (χ1n) is 6.75. The van der Waals surface area contributed by atoms with Crippen LogP contribution in [0.1, 0.15) is 21.5 Å². The molecule has 0 atom stereocenters. The highest BCUT2D eigenvalue weighted by Gasteiger charge is 2.03. The SMILES string of the molecule is NC(=O)c1cccc(CNC(=O)/C=C/c2cc(Cl)ccc2Cl)c1. The van der Waals surface area contributed by atoms with Crippen LogP contribution < -0.4 is 11.1 Å². The first-order chi connectivity index (χ1) is 11.0. The smallest absolute Gasteiger partial charge is 0.248 e. The van der Waals surface area contributed by atoms with Gasteiger partial charge in [-0.25, -0.2) is 0 Å². The number of hydrogen-bond acceptors (Lipinski definition) is 2. The quantitative estimate of drug-likeness (QED) is 0.812. The summed E-state index contributed by atoms with van der Waals surface area (Å²) in [4.78, 5) is 22.9. The van der Waals surface area contributed by atoms with Crippen LogP contribution in [-0.4, -0.2) is 11.8 Å². The summed E-state index contributed by atoms with van der Waals surface area (Å²) >= 11 is 11.9. The number of amides is 2. The van der Waals surface area contributed by atoms with Crippen LogP contribution in [0.15, 0.2) is 48.5 Å². The fourth-order valence-electron chi connectivity index (χ4n) is 1.89. The molecule has 2 amide bonds. The second kappa shape index (κ2) is 7.81. The number of halogens is 2. The molecule has 4 nitrogen and oxygen atoms in total. The third-order valence-corrected chi connectivity index (χ3v) is 3.63. The standard InChI is InChI=1S/C17H14Cl2N2O2/c18-14-5-6-15(19)12(9-14)4-7-16(22)21-10-11-2-1-3-13(8-11)17(20)23/h1-9H,10H2,(H2,20,23)(H,21,22)/b7-4+. The van der Waals surface area contributed by atoms with E-state index in [2.05, 4.69) is 5.32 Å². The molecule has 2 aromatic rings. The van der Waals surface area contributed by atoms with E-state index in [1.54, 1.807) is 48.5 Å². The van der Waals surface area contributed by atoms with Gasteiger partial charge in [0.1, 0.15) is 0 Å². The number of nitrogens with one attached hydrogen (secondary N) is 1. The molecule has 0 radical (unpaired) electrons. The van der Waals surface area contributed by atoms with Crippen molar-refractivity contribution < 1.29 is 9.59 Å². The molecule has 2 aromatic carbocycles. The summed E-state index contributed by atoms with van der Waals surface area (Å²) in [5.74, 6) is -0.792. The van der Waals surface area contributed by atoms with Gasteiger partial charge >= 0.3 is 0 Å². The van der Waals surface area contributed by atoms with Crippen molar-refractivity contribution in [3.63, 3.8) is 0 Å². The third-order valence-electron chi connectivity index (χ3n) is 3.05. The van der Waals surface area contributed by atoms with Gasteiger partial charge in [0.15, 0.2) is 0 Å². The minimum Gasteiger partial charge on any atom is -0.366 e. The van der Waals surface area contributed by atoms with Crippen molar-refractivity contribution in [1.82, 2.24) is 5.32 Å².